The fraction of sp³-hybridized carbons (Fsp3) is 1.00. The smallest absolute Gasteiger partial charge is 0.0810 e. The Bertz CT molecular complexity index is 276. The van der Waals surface area contributed by atoms with E-state index in [0.717, 1.165) is 25.7 Å². The third-order valence-corrected chi connectivity index (χ3v) is 4.73. The minimum Gasteiger partial charge on any atom is -0.376 e. The topological polar surface area (TPSA) is 30.5 Å². The van der Waals surface area contributed by atoms with Gasteiger partial charge in [-0.1, -0.05) is 33.6 Å². The Morgan fingerprint density at radius 3 is 2.75 bits per heavy atom. The quantitative estimate of drug-likeness (QED) is 0.809. The molecule has 2 rings (SSSR count). The van der Waals surface area contributed by atoms with Crippen LogP contribution in [0.1, 0.15) is 65.7 Å². The monoisotopic (exact) mass is 283 g/mol. The minimum absolute atomic E-state index is 0.0444. The van der Waals surface area contributed by atoms with Crippen LogP contribution in [0, 0.1) is 5.92 Å². The van der Waals surface area contributed by atoms with E-state index in [4.69, 9.17) is 9.47 Å². The van der Waals surface area contributed by atoms with E-state index in [1.807, 2.05) is 0 Å². The lowest BCUT2D eigenvalue weighted by molar-refractivity contribution is -0.126. The van der Waals surface area contributed by atoms with Crippen molar-refractivity contribution in [3.8, 4) is 0 Å². The standard InChI is InChI=1S/C17H33NO2/c1-14(2)18-13-17(9-6-7-15(3)11-17)20-12-16-8-4-5-10-19-16/h14-16,18H,4-13H2,1-3H3. The minimum atomic E-state index is 0.0444. The molecule has 3 unspecified atom stereocenters. The first-order chi connectivity index (χ1) is 9.60. The van der Waals surface area contributed by atoms with Crippen LogP contribution in [-0.4, -0.2) is 37.5 Å². The largest absolute Gasteiger partial charge is 0.376 e. The average Bonchev–Trinajstić information content (AvgIpc) is 2.44. The van der Waals surface area contributed by atoms with Crippen LogP contribution in [0.4, 0.5) is 0 Å². The lowest BCUT2D eigenvalue weighted by Crippen LogP contribution is -2.49. The summed E-state index contributed by atoms with van der Waals surface area (Å²) >= 11 is 0. The van der Waals surface area contributed by atoms with E-state index in [-0.39, 0.29) is 5.60 Å². The molecule has 0 amide bonds. The number of ether oxygens (including phenoxy) is 2. The van der Waals surface area contributed by atoms with Gasteiger partial charge in [0.05, 0.1) is 18.3 Å². The Morgan fingerprint density at radius 2 is 2.10 bits per heavy atom. The summed E-state index contributed by atoms with van der Waals surface area (Å²) in [4.78, 5) is 0. The van der Waals surface area contributed by atoms with Gasteiger partial charge in [0.2, 0.25) is 0 Å². The highest BCUT2D eigenvalue weighted by Crippen LogP contribution is 2.35. The van der Waals surface area contributed by atoms with Crippen molar-refractivity contribution in [1.29, 1.82) is 0 Å². The fourth-order valence-electron chi connectivity index (χ4n) is 3.55. The molecular weight excluding hydrogens is 250 g/mol. The third-order valence-electron chi connectivity index (χ3n) is 4.73. The summed E-state index contributed by atoms with van der Waals surface area (Å²) < 4.78 is 12.3. The second-order valence-corrected chi connectivity index (χ2v) is 7.22. The van der Waals surface area contributed by atoms with Crippen molar-refractivity contribution in [1.82, 2.24) is 5.32 Å². The lowest BCUT2D eigenvalue weighted by atomic mass is 9.78. The van der Waals surface area contributed by atoms with Crippen LogP contribution in [0.5, 0.6) is 0 Å². The normalized spacial score (nSPS) is 35.4. The zero-order chi connectivity index (χ0) is 14.4. The molecule has 20 heavy (non-hydrogen) atoms. The molecule has 1 saturated heterocycles. The van der Waals surface area contributed by atoms with Gasteiger partial charge in [0.15, 0.2) is 0 Å². The average molecular weight is 283 g/mol. The maximum absolute atomic E-state index is 6.44. The molecule has 118 valence electrons. The van der Waals surface area contributed by atoms with Crippen molar-refractivity contribution in [2.24, 2.45) is 5.92 Å². The molecule has 2 aliphatic rings. The summed E-state index contributed by atoms with van der Waals surface area (Å²) in [6, 6.07) is 0.527. The van der Waals surface area contributed by atoms with Crippen LogP contribution in [0.15, 0.2) is 0 Å². The van der Waals surface area contributed by atoms with Crippen LogP contribution in [0.2, 0.25) is 0 Å². The molecule has 1 aliphatic heterocycles. The molecule has 1 N–H and O–H groups in total. The molecule has 3 heteroatoms. The van der Waals surface area contributed by atoms with Crippen LogP contribution < -0.4 is 5.32 Å². The van der Waals surface area contributed by atoms with E-state index in [0.29, 0.717) is 12.1 Å². The Labute approximate surface area is 124 Å². The summed E-state index contributed by atoms with van der Waals surface area (Å²) in [6.45, 7) is 9.48. The second-order valence-electron chi connectivity index (χ2n) is 7.22. The summed E-state index contributed by atoms with van der Waals surface area (Å²) in [5.74, 6) is 0.782. The Balaban J connectivity index is 1.87. The zero-order valence-electron chi connectivity index (χ0n) is 13.6. The first-order valence-electron chi connectivity index (χ1n) is 8.59. The van der Waals surface area contributed by atoms with Gasteiger partial charge in [0.25, 0.3) is 0 Å². The summed E-state index contributed by atoms with van der Waals surface area (Å²) in [5, 5.41) is 3.60. The van der Waals surface area contributed by atoms with Crippen LogP contribution in [-0.2, 0) is 9.47 Å². The first-order valence-corrected chi connectivity index (χ1v) is 8.59. The van der Waals surface area contributed by atoms with E-state index in [1.54, 1.807) is 0 Å². The second kappa shape index (κ2) is 7.77. The van der Waals surface area contributed by atoms with Crippen molar-refractivity contribution < 1.29 is 9.47 Å². The molecule has 1 heterocycles. The van der Waals surface area contributed by atoms with Gasteiger partial charge in [-0.05, 0) is 38.0 Å². The van der Waals surface area contributed by atoms with Crippen LogP contribution >= 0.6 is 0 Å². The maximum Gasteiger partial charge on any atom is 0.0810 e. The van der Waals surface area contributed by atoms with E-state index >= 15 is 0 Å². The first kappa shape index (κ1) is 16.3. The van der Waals surface area contributed by atoms with Crippen molar-refractivity contribution in [3.05, 3.63) is 0 Å². The number of hydrogen-bond donors (Lipinski definition) is 1. The molecule has 0 aromatic carbocycles. The van der Waals surface area contributed by atoms with E-state index < -0.39 is 0 Å². The van der Waals surface area contributed by atoms with E-state index in [9.17, 15) is 0 Å². The van der Waals surface area contributed by atoms with Gasteiger partial charge in [-0.2, -0.15) is 0 Å². The van der Waals surface area contributed by atoms with Crippen LogP contribution in [0.25, 0.3) is 0 Å². The SMILES string of the molecule is CC1CCCC(CNC(C)C)(OCC2CCCCO2)C1. The maximum atomic E-state index is 6.44. The molecule has 1 aliphatic carbocycles. The lowest BCUT2D eigenvalue weighted by Gasteiger charge is -2.41. The van der Waals surface area contributed by atoms with Gasteiger partial charge in [-0.15, -0.1) is 0 Å². The Kier molecular flexibility index (Phi) is 6.31. The van der Waals surface area contributed by atoms with Gasteiger partial charge in [0, 0.05) is 19.2 Å². The van der Waals surface area contributed by atoms with Crippen molar-refractivity contribution in [2.45, 2.75) is 83.5 Å². The fourth-order valence-corrected chi connectivity index (χ4v) is 3.55. The van der Waals surface area contributed by atoms with Gasteiger partial charge in [0.1, 0.15) is 0 Å². The van der Waals surface area contributed by atoms with Crippen molar-refractivity contribution >= 4 is 0 Å². The highest BCUT2D eigenvalue weighted by Gasteiger charge is 2.36. The van der Waals surface area contributed by atoms with Crippen molar-refractivity contribution in [2.75, 3.05) is 19.8 Å². The number of hydrogen-bond acceptors (Lipinski definition) is 3. The molecule has 0 radical (unpaired) electrons. The molecule has 0 bridgehead atoms. The number of rotatable bonds is 6. The van der Waals surface area contributed by atoms with Gasteiger partial charge in [-0.3, -0.25) is 0 Å². The Hall–Kier alpha value is -0.120. The summed E-state index contributed by atoms with van der Waals surface area (Å²) in [6.07, 6.45) is 9.05. The highest BCUT2D eigenvalue weighted by molar-refractivity contribution is 4.90. The Morgan fingerprint density at radius 1 is 1.25 bits per heavy atom. The molecule has 3 atom stereocenters. The zero-order valence-corrected chi connectivity index (χ0v) is 13.6. The molecule has 2 fully saturated rings. The summed E-state index contributed by atoms with van der Waals surface area (Å²) in [5.41, 5.74) is 0.0444. The molecule has 0 aromatic heterocycles. The third kappa shape index (κ3) is 5.01. The molecule has 1 saturated carbocycles. The number of nitrogens with one attached hydrogen (secondary N) is 1. The van der Waals surface area contributed by atoms with Gasteiger partial charge in [-0.25, -0.2) is 0 Å². The molecule has 0 spiro atoms. The molecule has 3 nitrogen and oxygen atoms in total. The van der Waals surface area contributed by atoms with Crippen molar-refractivity contribution in [3.63, 3.8) is 0 Å². The van der Waals surface area contributed by atoms with Gasteiger partial charge >= 0.3 is 0 Å². The molecular formula is C17H33NO2. The van der Waals surface area contributed by atoms with E-state index in [1.165, 1.54) is 44.9 Å². The predicted octanol–water partition coefficient (Wildman–Crippen LogP) is 3.52. The predicted molar refractivity (Wildman–Crippen MR) is 83.0 cm³/mol. The molecule has 0 aromatic rings. The summed E-state index contributed by atoms with van der Waals surface area (Å²) in [7, 11) is 0. The van der Waals surface area contributed by atoms with Crippen LogP contribution in [0.3, 0.4) is 0 Å². The highest BCUT2D eigenvalue weighted by atomic mass is 16.5. The van der Waals surface area contributed by atoms with Gasteiger partial charge < -0.3 is 14.8 Å². The van der Waals surface area contributed by atoms with E-state index in [2.05, 4.69) is 26.1 Å².